The molecule has 1 aromatic carbocycles. The topological polar surface area (TPSA) is 58.6 Å². The summed E-state index contributed by atoms with van der Waals surface area (Å²) in [5, 5.41) is 2.95. The fourth-order valence-electron chi connectivity index (χ4n) is 3.55. The number of piperidine rings is 1. The quantitative estimate of drug-likeness (QED) is 0.871. The molecule has 0 saturated carbocycles. The van der Waals surface area contributed by atoms with Crippen LogP contribution in [-0.4, -0.2) is 49.1 Å². The lowest BCUT2D eigenvalue weighted by molar-refractivity contribution is -0.126. The number of nitrogens with one attached hydrogen (secondary N) is 1. The smallest absolute Gasteiger partial charge is 0.256 e. The fourth-order valence-corrected chi connectivity index (χ4v) is 3.55. The summed E-state index contributed by atoms with van der Waals surface area (Å²) >= 11 is 0. The van der Waals surface area contributed by atoms with Gasteiger partial charge in [0.1, 0.15) is 11.6 Å². The summed E-state index contributed by atoms with van der Waals surface area (Å²) in [6.45, 7) is 2.18. The molecule has 2 fully saturated rings. The lowest BCUT2D eigenvalue weighted by Gasteiger charge is -2.31. The number of hydrogen-bond acceptors (Lipinski definition) is 3. The Bertz CT molecular complexity index is 654. The van der Waals surface area contributed by atoms with Gasteiger partial charge >= 0.3 is 0 Å². The average molecular weight is 366 g/mol. The molecule has 3 rings (SSSR count). The summed E-state index contributed by atoms with van der Waals surface area (Å²) in [6.07, 6.45) is 4.30. The molecule has 142 valence electrons. The first-order chi connectivity index (χ1) is 12.5. The van der Waals surface area contributed by atoms with Gasteiger partial charge in [-0.05, 0) is 44.2 Å². The number of halogens is 2. The highest BCUT2D eigenvalue weighted by atomic mass is 19.1. The summed E-state index contributed by atoms with van der Waals surface area (Å²) in [7, 11) is 0. The van der Waals surface area contributed by atoms with Gasteiger partial charge in [-0.3, -0.25) is 9.59 Å². The second-order valence-corrected chi connectivity index (χ2v) is 6.91. The monoisotopic (exact) mass is 366 g/mol. The Balaban J connectivity index is 1.44. The molecule has 0 aliphatic carbocycles. The van der Waals surface area contributed by atoms with Crippen LogP contribution in [0.2, 0.25) is 0 Å². The van der Waals surface area contributed by atoms with E-state index >= 15 is 0 Å². The van der Waals surface area contributed by atoms with Gasteiger partial charge in [-0.2, -0.15) is 0 Å². The highest BCUT2D eigenvalue weighted by Crippen LogP contribution is 2.21. The van der Waals surface area contributed by atoms with Crippen molar-refractivity contribution in [2.45, 2.75) is 38.2 Å². The molecule has 0 spiro atoms. The molecular weight excluding hydrogens is 342 g/mol. The number of rotatable bonds is 5. The van der Waals surface area contributed by atoms with Crippen molar-refractivity contribution in [3.8, 4) is 0 Å². The molecule has 2 amide bonds. The molecule has 0 aromatic heterocycles. The van der Waals surface area contributed by atoms with Crippen LogP contribution in [0.5, 0.6) is 0 Å². The maximum atomic E-state index is 13.8. The van der Waals surface area contributed by atoms with Crippen LogP contribution >= 0.6 is 0 Å². The minimum Gasteiger partial charge on any atom is -0.378 e. The zero-order valence-electron chi connectivity index (χ0n) is 14.7. The number of carbonyl (C=O) groups excluding carboxylic acids is 2. The van der Waals surface area contributed by atoms with Crippen molar-refractivity contribution in [2.75, 3.05) is 26.2 Å². The van der Waals surface area contributed by atoms with Gasteiger partial charge in [0.25, 0.3) is 5.91 Å². The zero-order chi connectivity index (χ0) is 18.5. The zero-order valence-corrected chi connectivity index (χ0v) is 14.7. The minimum absolute atomic E-state index is 0.00283. The molecule has 0 radical (unpaired) electrons. The van der Waals surface area contributed by atoms with Crippen LogP contribution in [0.3, 0.4) is 0 Å². The largest absolute Gasteiger partial charge is 0.378 e. The van der Waals surface area contributed by atoms with Gasteiger partial charge < -0.3 is 15.0 Å². The molecule has 2 aliphatic heterocycles. The number of ether oxygens (including phenoxy) is 1. The van der Waals surface area contributed by atoms with Crippen molar-refractivity contribution in [1.29, 1.82) is 0 Å². The molecule has 1 N–H and O–H groups in total. The first kappa shape index (κ1) is 18.8. The summed E-state index contributed by atoms with van der Waals surface area (Å²) < 4.78 is 32.3. The summed E-state index contributed by atoms with van der Waals surface area (Å²) in [4.78, 5) is 26.1. The van der Waals surface area contributed by atoms with E-state index in [9.17, 15) is 18.4 Å². The maximum Gasteiger partial charge on any atom is 0.256 e. The third-order valence-corrected chi connectivity index (χ3v) is 5.10. The first-order valence-corrected chi connectivity index (χ1v) is 9.18. The molecule has 2 aliphatic rings. The van der Waals surface area contributed by atoms with E-state index in [1.165, 1.54) is 4.90 Å². The third-order valence-electron chi connectivity index (χ3n) is 5.10. The Morgan fingerprint density at radius 2 is 1.96 bits per heavy atom. The summed E-state index contributed by atoms with van der Waals surface area (Å²) in [6, 6.07) is 2.95. The van der Waals surface area contributed by atoms with Crippen LogP contribution in [0.4, 0.5) is 8.78 Å². The van der Waals surface area contributed by atoms with Crippen molar-refractivity contribution in [3.63, 3.8) is 0 Å². The van der Waals surface area contributed by atoms with Gasteiger partial charge in [0, 0.05) is 38.2 Å². The van der Waals surface area contributed by atoms with Gasteiger partial charge in [0.05, 0.1) is 11.7 Å². The third kappa shape index (κ3) is 4.58. The van der Waals surface area contributed by atoms with Crippen LogP contribution in [0.1, 0.15) is 42.5 Å². The van der Waals surface area contributed by atoms with E-state index in [2.05, 4.69) is 5.32 Å². The van der Waals surface area contributed by atoms with Crippen LogP contribution < -0.4 is 5.32 Å². The second kappa shape index (κ2) is 8.58. The van der Waals surface area contributed by atoms with E-state index in [0.717, 1.165) is 38.0 Å². The highest BCUT2D eigenvalue weighted by molar-refractivity contribution is 5.94. The molecule has 26 heavy (non-hydrogen) atoms. The van der Waals surface area contributed by atoms with Crippen molar-refractivity contribution >= 4 is 11.8 Å². The standard InChI is InChI=1S/C19H24F2N2O3/c20-14-3-4-16(17(21)12-14)19(25)23-9-6-13(7-10-23)18(24)22-8-5-15-2-1-11-26-15/h3-4,12-13,15H,1-2,5-11H2,(H,22,24). The SMILES string of the molecule is O=C(NCCC1CCCO1)C1CCN(C(=O)c2ccc(F)cc2F)CC1. The van der Waals surface area contributed by atoms with E-state index < -0.39 is 17.5 Å². The molecule has 1 aromatic rings. The Morgan fingerprint density at radius 3 is 2.62 bits per heavy atom. The Kier molecular flexibility index (Phi) is 6.19. The number of benzene rings is 1. The van der Waals surface area contributed by atoms with E-state index in [1.807, 2.05) is 0 Å². The normalized spacial score (nSPS) is 21.0. The minimum atomic E-state index is -0.857. The van der Waals surface area contributed by atoms with Crippen LogP contribution in [0.15, 0.2) is 18.2 Å². The van der Waals surface area contributed by atoms with Crippen LogP contribution in [-0.2, 0) is 9.53 Å². The van der Waals surface area contributed by atoms with Crippen LogP contribution in [0.25, 0.3) is 0 Å². The van der Waals surface area contributed by atoms with Crippen molar-refractivity contribution in [3.05, 3.63) is 35.4 Å². The maximum absolute atomic E-state index is 13.8. The predicted molar refractivity (Wildman–Crippen MR) is 91.6 cm³/mol. The molecule has 0 bridgehead atoms. The molecule has 7 heteroatoms. The lowest BCUT2D eigenvalue weighted by Crippen LogP contribution is -2.43. The van der Waals surface area contributed by atoms with Gasteiger partial charge in [0.15, 0.2) is 0 Å². The van der Waals surface area contributed by atoms with E-state index in [1.54, 1.807) is 0 Å². The molecule has 2 heterocycles. The number of hydrogen-bond donors (Lipinski definition) is 1. The highest BCUT2D eigenvalue weighted by Gasteiger charge is 2.29. The number of likely N-dealkylation sites (tertiary alicyclic amines) is 1. The first-order valence-electron chi connectivity index (χ1n) is 9.18. The van der Waals surface area contributed by atoms with Crippen molar-refractivity contribution in [2.24, 2.45) is 5.92 Å². The fraction of sp³-hybridized carbons (Fsp3) is 0.579. The number of amides is 2. The molecule has 1 unspecified atom stereocenters. The Hall–Kier alpha value is -2.02. The van der Waals surface area contributed by atoms with E-state index in [-0.39, 0.29) is 23.5 Å². The lowest BCUT2D eigenvalue weighted by atomic mass is 9.95. The number of nitrogens with zero attached hydrogens (tertiary/aromatic N) is 1. The Morgan fingerprint density at radius 1 is 1.19 bits per heavy atom. The van der Waals surface area contributed by atoms with E-state index in [0.29, 0.717) is 38.5 Å². The molecule has 5 nitrogen and oxygen atoms in total. The second-order valence-electron chi connectivity index (χ2n) is 6.91. The molecule has 2 saturated heterocycles. The van der Waals surface area contributed by atoms with Crippen molar-refractivity contribution in [1.82, 2.24) is 10.2 Å². The van der Waals surface area contributed by atoms with Crippen molar-refractivity contribution < 1.29 is 23.1 Å². The molecule has 1 atom stereocenters. The van der Waals surface area contributed by atoms with Gasteiger partial charge in [0.2, 0.25) is 5.91 Å². The predicted octanol–water partition coefficient (Wildman–Crippen LogP) is 2.50. The summed E-state index contributed by atoms with van der Waals surface area (Å²) in [5.74, 6) is -2.16. The average Bonchev–Trinajstić information content (AvgIpc) is 3.15. The van der Waals surface area contributed by atoms with Gasteiger partial charge in [-0.25, -0.2) is 8.78 Å². The van der Waals surface area contributed by atoms with E-state index in [4.69, 9.17) is 4.74 Å². The van der Waals surface area contributed by atoms with Crippen LogP contribution in [0, 0.1) is 17.6 Å². The van der Waals surface area contributed by atoms with Gasteiger partial charge in [-0.15, -0.1) is 0 Å². The number of carbonyl (C=O) groups is 2. The Labute approximate surface area is 151 Å². The van der Waals surface area contributed by atoms with Gasteiger partial charge in [-0.1, -0.05) is 0 Å². The summed E-state index contributed by atoms with van der Waals surface area (Å²) in [5.41, 5.74) is -0.133. The molecular formula is C19H24F2N2O3.